The van der Waals surface area contributed by atoms with Gasteiger partial charge in [-0.2, -0.15) is 0 Å². The van der Waals surface area contributed by atoms with Gasteiger partial charge in [0, 0.05) is 34.7 Å². The van der Waals surface area contributed by atoms with Crippen molar-refractivity contribution in [3.05, 3.63) is 54.1 Å². The summed E-state index contributed by atoms with van der Waals surface area (Å²) < 4.78 is 0. The molecule has 0 aromatic heterocycles. The summed E-state index contributed by atoms with van der Waals surface area (Å²) in [7, 11) is 0. The second-order valence-corrected chi connectivity index (χ2v) is 7.19. The quantitative estimate of drug-likeness (QED) is 0.565. The van der Waals surface area contributed by atoms with Crippen LogP contribution >= 0.6 is 11.8 Å². The molecular weight excluding hydrogens is 348 g/mol. The number of Topliss-reactive ketones (excluding diaryl/α,β-unsaturated/α-hetero) is 1. The van der Waals surface area contributed by atoms with Crippen LogP contribution in [0.3, 0.4) is 0 Å². The molecule has 136 valence electrons. The largest absolute Gasteiger partial charge is 0.326 e. The number of hydrogen-bond acceptors (Lipinski definition) is 4. The first kappa shape index (κ1) is 19.7. The summed E-state index contributed by atoms with van der Waals surface area (Å²) >= 11 is 1.44. The summed E-state index contributed by atoms with van der Waals surface area (Å²) in [5.74, 6) is 0.0698. The van der Waals surface area contributed by atoms with Crippen LogP contribution in [0.1, 0.15) is 31.1 Å². The Hall–Kier alpha value is -2.60. The van der Waals surface area contributed by atoms with Crippen molar-refractivity contribution in [1.29, 1.82) is 0 Å². The first-order valence-corrected chi connectivity index (χ1v) is 9.28. The minimum absolute atomic E-state index is 0.0164. The predicted molar refractivity (Wildman–Crippen MR) is 106 cm³/mol. The van der Waals surface area contributed by atoms with Gasteiger partial charge in [0.2, 0.25) is 11.8 Å². The van der Waals surface area contributed by atoms with E-state index in [1.54, 1.807) is 36.4 Å². The lowest BCUT2D eigenvalue weighted by atomic mass is 10.1. The van der Waals surface area contributed by atoms with E-state index in [9.17, 15) is 14.4 Å². The molecule has 0 spiro atoms. The Labute approximate surface area is 157 Å². The van der Waals surface area contributed by atoms with Crippen LogP contribution in [-0.2, 0) is 9.59 Å². The molecule has 0 fully saturated rings. The number of rotatable bonds is 7. The fraction of sp³-hybridized carbons (Fsp3) is 0.250. The second kappa shape index (κ2) is 9.20. The van der Waals surface area contributed by atoms with Gasteiger partial charge in [-0.15, -0.1) is 11.8 Å². The zero-order chi connectivity index (χ0) is 19.1. The van der Waals surface area contributed by atoms with Crippen LogP contribution in [0.4, 0.5) is 11.4 Å². The van der Waals surface area contributed by atoms with Gasteiger partial charge in [-0.1, -0.05) is 13.8 Å². The van der Waals surface area contributed by atoms with Crippen LogP contribution in [0.2, 0.25) is 0 Å². The zero-order valence-electron chi connectivity index (χ0n) is 15.0. The fourth-order valence-corrected chi connectivity index (χ4v) is 2.89. The van der Waals surface area contributed by atoms with E-state index in [0.29, 0.717) is 17.0 Å². The molecular formula is C20H22N2O3S. The van der Waals surface area contributed by atoms with E-state index in [1.807, 2.05) is 26.0 Å². The van der Waals surface area contributed by atoms with E-state index in [0.717, 1.165) is 10.6 Å². The van der Waals surface area contributed by atoms with Crippen molar-refractivity contribution in [2.45, 2.75) is 25.7 Å². The number of hydrogen-bond donors (Lipinski definition) is 2. The molecule has 2 amide bonds. The topological polar surface area (TPSA) is 75.3 Å². The van der Waals surface area contributed by atoms with Gasteiger partial charge >= 0.3 is 0 Å². The highest BCUT2D eigenvalue weighted by atomic mass is 32.2. The van der Waals surface area contributed by atoms with Gasteiger partial charge in [-0.05, 0) is 48.5 Å². The molecule has 0 atom stereocenters. The third kappa shape index (κ3) is 6.04. The molecule has 0 bridgehead atoms. The number of carbonyl (C=O) groups is 3. The van der Waals surface area contributed by atoms with Gasteiger partial charge in [0.05, 0.1) is 5.75 Å². The number of amides is 2. The Morgan fingerprint density at radius 3 is 1.96 bits per heavy atom. The van der Waals surface area contributed by atoms with Gasteiger partial charge < -0.3 is 10.6 Å². The minimum Gasteiger partial charge on any atom is -0.326 e. The van der Waals surface area contributed by atoms with E-state index in [1.165, 1.54) is 18.7 Å². The molecule has 0 aliphatic heterocycles. The van der Waals surface area contributed by atoms with Crippen LogP contribution in [0.5, 0.6) is 0 Å². The molecule has 5 nitrogen and oxygen atoms in total. The number of anilines is 2. The number of ketones is 1. The average molecular weight is 370 g/mol. The summed E-state index contributed by atoms with van der Waals surface area (Å²) in [5.41, 5.74) is 2.02. The third-order valence-electron chi connectivity index (χ3n) is 3.54. The monoisotopic (exact) mass is 370 g/mol. The maximum atomic E-state index is 12.3. The summed E-state index contributed by atoms with van der Waals surface area (Å²) in [4.78, 5) is 35.9. The number of carbonyl (C=O) groups excluding carboxylic acids is 3. The van der Waals surface area contributed by atoms with Crippen molar-refractivity contribution < 1.29 is 14.4 Å². The molecule has 6 heteroatoms. The smallest absolute Gasteiger partial charge is 0.226 e. The van der Waals surface area contributed by atoms with E-state index in [-0.39, 0.29) is 23.5 Å². The standard InChI is InChI=1S/C20H22N2O3S/c1-13(2)20(25)22-17-6-4-15(5-7-17)19(24)12-26-18-10-8-16(9-11-18)21-14(3)23/h4-11,13H,12H2,1-3H3,(H,21,23)(H,22,25). The number of benzene rings is 2. The molecule has 0 aliphatic rings. The lowest BCUT2D eigenvalue weighted by Crippen LogP contribution is -2.17. The van der Waals surface area contributed by atoms with E-state index < -0.39 is 0 Å². The highest BCUT2D eigenvalue weighted by molar-refractivity contribution is 8.00. The Morgan fingerprint density at radius 2 is 1.42 bits per heavy atom. The lowest BCUT2D eigenvalue weighted by Gasteiger charge is -2.08. The molecule has 2 aromatic carbocycles. The van der Waals surface area contributed by atoms with Crippen molar-refractivity contribution in [1.82, 2.24) is 0 Å². The van der Waals surface area contributed by atoms with E-state index in [4.69, 9.17) is 0 Å². The molecule has 2 aromatic rings. The summed E-state index contributed by atoms with van der Waals surface area (Å²) in [6.45, 7) is 5.11. The van der Waals surface area contributed by atoms with Crippen molar-refractivity contribution in [2.75, 3.05) is 16.4 Å². The molecule has 0 heterocycles. The summed E-state index contributed by atoms with van der Waals surface area (Å²) in [6.07, 6.45) is 0. The van der Waals surface area contributed by atoms with Crippen molar-refractivity contribution >= 4 is 40.7 Å². The Balaban J connectivity index is 1.89. The predicted octanol–water partition coefficient (Wildman–Crippen LogP) is 4.21. The van der Waals surface area contributed by atoms with Crippen LogP contribution < -0.4 is 10.6 Å². The first-order valence-electron chi connectivity index (χ1n) is 8.29. The van der Waals surface area contributed by atoms with Gasteiger partial charge in [0.15, 0.2) is 5.78 Å². The van der Waals surface area contributed by atoms with Crippen LogP contribution in [0, 0.1) is 5.92 Å². The third-order valence-corrected chi connectivity index (χ3v) is 4.56. The van der Waals surface area contributed by atoms with Crippen molar-refractivity contribution in [3.8, 4) is 0 Å². The van der Waals surface area contributed by atoms with Gasteiger partial charge in [0.1, 0.15) is 0 Å². The number of thioether (sulfide) groups is 1. The molecule has 0 saturated carbocycles. The minimum atomic E-state index is -0.117. The van der Waals surface area contributed by atoms with Gasteiger partial charge in [0.25, 0.3) is 0 Å². The maximum absolute atomic E-state index is 12.3. The highest BCUT2D eigenvalue weighted by Gasteiger charge is 2.09. The molecule has 2 N–H and O–H groups in total. The van der Waals surface area contributed by atoms with Gasteiger partial charge in [-0.3, -0.25) is 14.4 Å². The van der Waals surface area contributed by atoms with E-state index in [2.05, 4.69) is 10.6 Å². The molecule has 26 heavy (non-hydrogen) atoms. The van der Waals surface area contributed by atoms with Crippen LogP contribution in [0.25, 0.3) is 0 Å². The second-order valence-electron chi connectivity index (χ2n) is 6.14. The average Bonchev–Trinajstić information content (AvgIpc) is 2.61. The fourth-order valence-electron chi connectivity index (χ4n) is 2.10. The van der Waals surface area contributed by atoms with Crippen molar-refractivity contribution in [2.24, 2.45) is 5.92 Å². The summed E-state index contributed by atoms with van der Waals surface area (Å²) in [5, 5.41) is 5.50. The maximum Gasteiger partial charge on any atom is 0.226 e. The first-order chi connectivity index (χ1) is 12.3. The Bertz CT molecular complexity index is 784. The summed E-state index contributed by atoms with van der Waals surface area (Å²) in [6, 6.07) is 14.3. The molecule has 0 radical (unpaired) electrons. The molecule has 0 saturated heterocycles. The molecule has 0 unspecified atom stereocenters. The lowest BCUT2D eigenvalue weighted by molar-refractivity contribution is -0.119. The highest BCUT2D eigenvalue weighted by Crippen LogP contribution is 2.22. The molecule has 2 rings (SSSR count). The molecule has 0 aliphatic carbocycles. The Kier molecular flexibility index (Phi) is 6.97. The van der Waals surface area contributed by atoms with Crippen molar-refractivity contribution in [3.63, 3.8) is 0 Å². The SMILES string of the molecule is CC(=O)Nc1ccc(SCC(=O)c2ccc(NC(=O)C(C)C)cc2)cc1. The van der Waals surface area contributed by atoms with Gasteiger partial charge in [-0.25, -0.2) is 0 Å². The van der Waals surface area contributed by atoms with E-state index >= 15 is 0 Å². The zero-order valence-corrected chi connectivity index (χ0v) is 15.9. The van der Waals surface area contributed by atoms with Crippen LogP contribution in [-0.4, -0.2) is 23.4 Å². The van der Waals surface area contributed by atoms with Crippen LogP contribution in [0.15, 0.2) is 53.4 Å². The Morgan fingerprint density at radius 1 is 0.885 bits per heavy atom. The number of nitrogens with one attached hydrogen (secondary N) is 2. The normalized spacial score (nSPS) is 10.5.